The van der Waals surface area contributed by atoms with Gasteiger partial charge in [0.15, 0.2) is 17.1 Å². The molecule has 0 spiro atoms. The lowest BCUT2D eigenvalue weighted by atomic mass is 10.1. The van der Waals surface area contributed by atoms with Crippen LogP contribution in [0.4, 0.5) is 5.69 Å². The first-order chi connectivity index (χ1) is 14.1. The number of aromatic nitrogens is 1. The topological polar surface area (TPSA) is 77.1 Å². The van der Waals surface area contributed by atoms with Crippen molar-refractivity contribution in [1.82, 2.24) is 4.98 Å². The minimum Gasteiger partial charge on any atom is -0.507 e. The zero-order chi connectivity index (χ0) is 20.0. The highest BCUT2D eigenvalue weighted by molar-refractivity contribution is 9.10. The molecule has 4 aromatic rings. The number of rotatable bonds is 3. The number of ether oxygens (including phenoxy) is 2. The van der Waals surface area contributed by atoms with Crippen molar-refractivity contribution < 1.29 is 19.0 Å². The number of phenols is 1. The molecule has 29 heavy (non-hydrogen) atoms. The first-order valence-electron chi connectivity index (χ1n) is 8.91. The van der Waals surface area contributed by atoms with Gasteiger partial charge < -0.3 is 19.0 Å². The van der Waals surface area contributed by atoms with E-state index in [0.717, 1.165) is 21.1 Å². The normalized spacial score (nSPS) is 12.9. The van der Waals surface area contributed by atoms with Gasteiger partial charge in [-0.15, -0.1) is 0 Å². The van der Waals surface area contributed by atoms with E-state index in [4.69, 9.17) is 13.9 Å². The van der Waals surface area contributed by atoms with Gasteiger partial charge in [0.2, 0.25) is 12.7 Å². The maximum atomic E-state index is 10.3. The molecule has 0 fully saturated rings. The van der Waals surface area contributed by atoms with Crippen LogP contribution in [0.15, 0.2) is 62.4 Å². The summed E-state index contributed by atoms with van der Waals surface area (Å²) in [4.78, 5) is 9.07. The average Bonchev–Trinajstić information content (AvgIpc) is 3.34. The number of benzene rings is 3. The number of oxazole rings is 1. The first-order valence-corrected chi connectivity index (χ1v) is 9.70. The Morgan fingerprint density at radius 2 is 1.93 bits per heavy atom. The molecule has 1 aliphatic rings. The van der Waals surface area contributed by atoms with E-state index >= 15 is 0 Å². The van der Waals surface area contributed by atoms with Crippen LogP contribution >= 0.6 is 15.9 Å². The van der Waals surface area contributed by atoms with Gasteiger partial charge in [0, 0.05) is 16.3 Å². The lowest BCUT2D eigenvalue weighted by Gasteiger charge is -2.03. The predicted molar refractivity (Wildman–Crippen MR) is 113 cm³/mol. The number of aromatic hydroxyl groups is 1. The number of phenolic OH excluding ortho intramolecular Hbond substituents is 1. The molecule has 1 aromatic heterocycles. The molecule has 0 bridgehead atoms. The quantitative estimate of drug-likeness (QED) is 0.402. The van der Waals surface area contributed by atoms with Crippen LogP contribution in [0.25, 0.3) is 22.6 Å². The Bertz CT molecular complexity index is 1280. The molecule has 144 valence electrons. The molecule has 1 N–H and O–H groups in total. The number of fused-ring (bicyclic) bond motifs is 2. The number of hydrogen-bond acceptors (Lipinski definition) is 6. The first kappa shape index (κ1) is 17.8. The Hall–Kier alpha value is -3.32. The molecule has 0 radical (unpaired) electrons. The van der Waals surface area contributed by atoms with Gasteiger partial charge in [0.05, 0.1) is 11.3 Å². The fourth-order valence-electron chi connectivity index (χ4n) is 3.15. The summed E-state index contributed by atoms with van der Waals surface area (Å²) in [6.07, 6.45) is 1.72. The molecule has 6 nitrogen and oxygen atoms in total. The van der Waals surface area contributed by atoms with Crippen LogP contribution < -0.4 is 9.47 Å². The van der Waals surface area contributed by atoms with Crippen LogP contribution in [0.1, 0.15) is 11.1 Å². The van der Waals surface area contributed by atoms with Gasteiger partial charge in [-0.3, -0.25) is 4.99 Å². The summed E-state index contributed by atoms with van der Waals surface area (Å²) in [5, 5.41) is 10.3. The zero-order valence-electron chi connectivity index (χ0n) is 15.3. The SMILES string of the molecule is Cc1cccc2oc(-c3cc(N=Cc4cc5c(cc4Br)OCO5)ccc3O)nc12. The fourth-order valence-corrected chi connectivity index (χ4v) is 3.58. The van der Waals surface area contributed by atoms with Crippen molar-refractivity contribution in [3.8, 4) is 28.7 Å². The smallest absolute Gasteiger partial charge is 0.231 e. The molecule has 0 amide bonds. The molecule has 0 saturated heterocycles. The summed E-state index contributed by atoms with van der Waals surface area (Å²) in [6, 6.07) is 14.5. The molecule has 2 heterocycles. The van der Waals surface area contributed by atoms with Crippen LogP contribution in [0.2, 0.25) is 0 Å². The van der Waals surface area contributed by atoms with Crippen molar-refractivity contribution in [1.29, 1.82) is 0 Å². The van der Waals surface area contributed by atoms with Crippen molar-refractivity contribution >= 4 is 38.9 Å². The predicted octanol–water partition coefficient (Wildman–Crippen LogP) is 5.75. The van der Waals surface area contributed by atoms with E-state index in [2.05, 4.69) is 25.9 Å². The second kappa shape index (κ2) is 6.93. The summed E-state index contributed by atoms with van der Waals surface area (Å²) < 4.78 is 17.5. The van der Waals surface area contributed by atoms with E-state index in [1.54, 1.807) is 24.4 Å². The molecule has 3 aromatic carbocycles. The molecule has 0 unspecified atom stereocenters. The van der Waals surface area contributed by atoms with Gasteiger partial charge in [0.1, 0.15) is 11.3 Å². The van der Waals surface area contributed by atoms with Crippen molar-refractivity contribution in [3.05, 3.63) is 64.1 Å². The van der Waals surface area contributed by atoms with Crippen LogP contribution in [0.3, 0.4) is 0 Å². The summed E-state index contributed by atoms with van der Waals surface area (Å²) in [5.41, 5.74) is 4.46. The lowest BCUT2D eigenvalue weighted by Crippen LogP contribution is -1.92. The van der Waals surface area contributed by atoms with Crippen molar-refractivity contribution in [2.75, 3.05) is 6.79 Å². The highest BCUT2D eigenvalue weighted by Crippen LogP contribution is 2.37. The van der Waals surface area contributed by atoms with Crippen molar-refractivity contribution in [2.24, 2.45) is 4.99 Å². The van der Waals surface area contributed by atoms with Gasteiger partial charge >= 0.3 is 0 Å². The summed E-state index contributed by atoms with van der Waals surface area (Å²) in [6.45, 7) is 2.19. The molecular formula is C22H15BrN2O4. The highest BCUT2D eigenvalue weighted by Gasteiger charge is 2.16. The number of hydrogen-bond donors (Lipinski definition) is 1. The monoisotopic (exact) mass is 450 g/mol. The van der Waals surface area contributed by atoms with Crippen LogP contribution in [0, 0.1) is 6.92 Å². The summed E-state index contributed by atoms with van der Waals surface area (Å²) in [5.74, 6) is 1.82. The number of aryl methyl sites for hydroxylation is 1. The van der Waals surface area contributed by atoms with Crippen LogP contribution in [0.5, 0.6) is 17.2 Å². The van der Waals surface area contributed by atoms with Crippen LogP contribution in [-0.4, -0.2) is 23.1 Å². The Kier molecular flexibility index (Phi) is 4.24. The van der Waals surface area contributed by atoms with E-state index in [-0.39, 0.29) is 12.5 Å². The van der Waals surface area contributed by atoms with E-state index in [1.807, 2.05) is 37.3 Å². The van der Waals surface area contributed by atoms with Gasteiger partial charge in [-0.25, -0.2) is 4.98 Å². The van der Waals surface area contributed by atoms with E-state index < -0.39 is 0 Å². The number of para-hydroxylation sites is 1. The Balaban J connectivity index is 1.51. The second-order valence-corrected chi connectivity index (χ2v) is 7.48. The molecule has 7 heteroatoms. The summed E-state index contributed by atoms with van der Waals surface area (Å²) in [7, 11) is 0. The van der Waals surface area contributed by atoms with Gasteiger partial charge in [0.25, 0.3) is 0 Å². The minimum absolute atomic E-state index is 0.0809. The van der Waals surface area contributed by atoms with Crippen LogP contribution in [-0.2, 0) is 0 Å². The maximum Gasteiger partial charge on any atom is 0.231 e. The average molecular weight is 451 g/mol. The number of aliphatic imine (C=N–C) groups is 1. The van der Waals surface area contributed by atoms with Gasteiger partial charge in [-0.05, 0) is 64.8 Å². The van der Waals surface area contributed by atoms with Crippen molar-refractivity contribution in [2.45, 2.75) is 6.92 Å². The van der Waals surface area contributed by atoms with E-state index in [9.17, 15) is 5.11 Å². The molecule has 0 saturated carbocycles. The Morgan fingerprint density at radius 1 is 1.10 bits per heavy atom. The second-order valence-electron chi connectivity index (χ2n) is 6.63. The van der Waals surface area contributed by atoms with E-state index in [0.29, 0.717) is 34.2 Å². The van der Waals surface area contributed by atoms with Gasteiger partial charge in [-0.1, -0.05) is 12.1 Å². The third-order valence-electron chi connectivity index (χ3n) is 4.68. The number of halogens is 1. The number of nitrogens with zero attached hydrogens (tertiary/aromatic N) is 2. The fraction of sp³-hybridized carbons (Fsp3) is 0.0909. The largest absolute Gasteiger partial charge is 0.507 e. The molecule has 1 aliphatic heterocycles. The zero-order valence-corrected chi connectivity index (χ0v) is 16.9. The van der Waals surface area contributed by atoms with E-state index in [1.165, 1.54) is 0 Å². The maximum absolute atomic E-state index is 10.3. The summed E-state index contributed by atoms with van der Waals surface area (Å²) >= 11 is 3.52. The Morgan fingerprint density at radius 3 is 2.76 bits per heavy atom. The van der Waals surface area contributed by atoms with Crippen molar-refractivity contribution in [3.63, 3.8) is 0 Å². The molecule has 0 aliphatic carbocycles. The lowest BCUT2D eigenvalue weighted by molar-refractivity contribution is 0.174. The van der Waals surface area contributed by atoms with Gasteiger partial charge in [-0.2, -0.15) is 0 Å². The Labute approximate surface area is 174 Å². The third-order valence-corrected chi connectivity index (χ3v) is 5.36. The molecule has 0 atom stereocenters. The standard InChI is InChI=1S/C22H15BrN2O4/c1-12-3-2-4-18-21(12)25-22(29-18)15-8-14(5-6-17(15)26)24-10-13-7-19-20(9-16(13)23)28-11-27-19/h2-10,26H,11H2,1H3. The molecule has 5 rings (SSSR count). The molecular weight excluding hydrogens is 436 g/mol. The highest BCUT2D eigenvalue weighted by atomic mass is 79.9. The minimum atomic E-state index is 0.0809. The third kappa shape index (κ3) is 3.23.